The fourth-order valence-corrected chi connectivity index (χ4v) is 7.66. The molecule has 15 nitrogen and oxygen atoms in total. The van der Waals surface area contributed by atoms with Crippen molar-refractivity contribution >= 4 is 27.6 Å². The fourth-order valence-electron chi connectivity index (χ4n) is 6.07. The van der Waals surface area contributed by atoms with Gasteiger partial charge in [-0.3, -0.25) is 27.7 Å². The average Bonchev–Trinajstić information content (AvgIpc) is 3.34. The second kappa shape index (κ2) is 48.2. The van der Waals surface area contributed by atoms with Crippen molar-refractivity contribution in [2.24, 2.45) is 0 Å². The molecule has 0 saturated heterocycles. The Bertz CT molecular complexity index is 1620. The van der Waals surface area contributed by atoms with E-state index >= 15 is 0 Å². The Balaban J connectivity index is 3.94. The third-order valence-electron chi connectivity index (χ3n) is 10.0. The zero-order chi connectivity index (χ0) is 51.7. The van der Waals surface area contributed by atoms with Crippen LogP contribution in [0.4, 0.5) is 0 Å². The number of phosphoric ester groups is 2. The molecule has 402 valence electrons. The Morgan fingerprint density at radius 3 is 1.01 bits per heavy atom. The number of allylic oxidation sites excluding steroid dienone is 16. The minimum atomic E-state index is -4.81. The van der Waals surface area contributed by atoms with Crippen LogP contribution in [-0.2, 0) is 46.3 Å². The third-order valence-corrected chi connectivity index (χ3v) is 11.9. The Hall–Kier alpha value is -3.04. The number of ether oxygens (including phenoxy) is 2. The van der Waals surface area contributed by atoms with Crippen molar-refractivity contribution in [3.05, 3.63) is 97.2 Å². The molecule has 0 heterocycles. The first kappa shape index (κ1) is 67.0. The molecule has 0 aliphatic heterocycles. The lowest BCUT2D eigenvalue weighted by Gasteiger charge is -2.19. The van der Waals surface area contributed by atoms with Crippen LogP contribution in [0.15, 0.2) is 97.2 Å². The van der Waals surface area contributed by atoms with Gasteiger partial charge >= 0.3 is 27.6 Å². The molecule has 17 heteroatoms. The summed E-state index contributed by atoms with van der Waals surface area (Å²) in [5.41, 5.74) is 0. The molecule has 5 atom stereocenters. The monoisotopic (exact) mass is 1030 g/mol. The molecular weight excluding hydrogens is 939 g/mol. The van der Waals surface area contributed by atoms with Crippen molar-refractivity contribution in [2.75, 3.05) is 39.6 Å². The molecule has 0 spiro atoms. The summed E-state index contributed by atoms with van der Waals surface area (Å²) in [6.07, 6.45) is 52.5. The number of hydrogen-bond acceptors (Lipinski definition) is 13. The van der Waals surface area contributed by atoms with Gasteiger partial charge < -0.3 is 34.6 Å². The first-order valence-electron chi connectivity index (χ1n) is 25.6. The lowest BCUT2D eigenvalue weighted by molar-refractivity contribution is -0.148. The lowest BCUT2D eigenvalue weighted by atomic mass is 10.1. The average molecular weight is 1030 g/mol. The largest absolute Gasteiger partial charge is 0.472 e. The Kier molecular flexibility index (Phi) is 46.1. The lowest BCUT2D eigenvalue weighted by Crippen LogP contribution is -2.25. The van der Waals surface area contributed by atoms with E-state index in [1.54, 1.807) is 0 Å². The maximum Gasteiger partial charge on any atom is 0.472 e. The number of phosphoric acid groups is 2. The summed E-state index contributed by atoms with van der Waals surface area (Å²) in [6.45, 7) is 0.206. The summed E-state index contributed by atoms with van der Waals surface area (Å²) in [6, 6.07) is 0. The molecule has 0 bridgehead atoms. The SMILES string of the molecule is CC/C=C\C/C=C\C/C=C\C/C=C\C/C=C\C/C=C\CCCCC(=O)OCC(O)COP(=O)(O)OCC(O)COP(=O)(O)OCC(O)COC(=O)CCCCCCCCC/C=C\C/C=C\CCCCC. The molecule has 0 aliphatic carbocycles. The van der Waals surface area contributed by atoms with Gasteiger partial charge in [0.15, 0.2) is 0 Å². The van der Waals surface area contributed by atoms with Gasteiger partial charge in [0, 0.05) is 12.8 Å². The van der Waals surface area contributed by atoms with E-state index in [9.17, 15) is 43.8 Å². The Morgan fingerprint density at radius 2 is 0.657 bits per heavy atom. The van der Waals surface area contributed by atoms with Crippen LogP contribution in [0.3, 0.4) is 0 Å². The van der Waals surface area contributed by atoms with Crippen LogP contribution < -0.4 is 0 Å². The standard InChI is InChI=1S/C53H90O15P2/c1-3-5-7-9-11-13-15-17-19-21-22-23-24-26-28-30-32-34-36-38-40-42-53(58)64-44-50(55)46-66-70(61,62)68-48-51(56)47-67-69(59,60)65-45-49(54)43-63-52(57)41-39-37-35-33-31-29-27-25-20-18-16-14-12-10-8-6-4-2/h5,7,11-14,17-20,22-23,26,28,32,34,49-51,54-56H,3-4,6,8-10,15-16,21,24-25,27,29-31,33,35-48H2,1-2H3,(H,59,60)(H,61,62)/b7-5-,13-11-,14-12-,19-17-,20-18-,23-22-,28-26-,34-32-. The van der Waals surface area contributed by atoms with Crippen molar-refractivity contribution in [1.29, 1.82) is 0 Å². The van der Waals surface area contributed by atoms with Crippen LogP contribution in [0, 0.1) is 0 Å². The molecule has 0 rings (SSSR count). The highest BCUT2D eigenvalue weighted by Crippen LogP contribution is 2.45. The van der Waals surface area contributed by atoms with E-state index in [-0.39, 0.29) is 12.8 Å². The van der Waals surface area contributed by atoms with Gasteiger partial charge in [-0.15, -0.1) is 0 Å². The van der Waals surface area contributed by atoms with Gasteiger partial charge in [-0.05, 0) is 96.3 Å². The zero-order valence-corrected chi connectivity index (χ0v) is 44.2. The summed E-state index contributed by atoms with van der Waals surface area (Å²) in [5.74, 6) is -1.05. The number of unbranched alkanes of at least 4 members (excludes halogenated alkanes) is 12. The molecule has 0 fully saturated rings. The van der Waals surface area contributed by atoms with E-state index < -0.39 is 85.5 Å². The topological polar surface area (TPSA) is 225 Å². The first-order chi connectivity index (χ1) is 33.8. The van der Waals surface area contributed by atoms with E-state index in [2.05, 4.69) is 129 Å². The first-order valence-corrected chi connectivity index (χ1v) is 28.6. The summed E-state index contributed by atoms with van der Waals surface area (Å²) in [7, 11) is -9.60. The van der Waals surface area contributed by atoms with Gasteiger partial charge in [0.2, 0.25) is 0 Å². The highest BCUT2D eigenvalue weighted by molar-refractivity contribution is 7.47. The molecule has 5 unspecified atom stereocenters. The number of carbonyl (C=O) groups excluding carboxylic acids is 2. The highest BCUT2D eigenvalue weighted by atomic mass is 31.2. The summed E-state index contributed by atoms with van der Waals surface area (Å²) in [5, 5.41) is 30.1. The van der Waals surface area contributed by atoms with Gasteiger partial charge in [-0.2, -0.15) is 0 Å². The van der Waals surface area contributed by atoms with E-state index in [1.807, 2.05) is 0 Å². The molecule has 0 aromatic rings. The quantitative estimate of drug-likeness (QED) is 0.0165. The van der Waals surface area contributed by atoms with Crippen molar-refractivity contribution in [2.45, 2.75) is 186 Å². The Labute approximate surface area is 420 Å². The highest BCUT2D eigenvalue weighted by Gasteiger charge is 2.28. The minimum Gasteiger partial charge on any atom is -0.463 e. The number of carbonyl (C=O) groups is 2. The summed E-state index contributed by atoms with van der Waals surface area (Å²) in [4.78, 5) is 43.8. The maximum absolute atomic E-state index is 12.2. The van der Waals surface area contributed by atoms with E-state index in [0.29, 0.717) is 12.8 Å². The molecule has 0 aromatic carbocycles. The summed E-state index contributed by atoms with van der Waals surface area (Å²) < 4.78 is 53.0. The number of hydrogen-bond donors (Lipinski definition) is 5. The predicted octanol–water partition coefficient (Wildman–Crippen LogP) is 12.3. The van der Waals surface area contributed by atoms with Crippen molar-refractivity contribution in [3.63, 3.8) is 0 Å². The van der Waals surface area contributed by atoms with Crippen LogP contribution in [-0.4, -0.2) is 95.0 Å². The van der Waals surface area contributed by atoms with Crippen LogP contribution in [0.2, 0.25) is 0 Å². The third kappa shape index (κ3) is 49.9. The number of aliphatic hydroxyl groups is 3. The van der Waals surface area contributed by atoms with Crippen molar-refractivity contribution in [1.82, 2.24) is 0 Å². The molecule has 70 heavy (non-hydrogen) atoms. The second-order valence-corrected chi connectivity index (χ2v) is 19.7. The smallest absolute Gasteiger partial charge is 0.463 e. The van der Waals surface area contributed by atoms with Gasteiger partial charge in [0.1, 0.15) is 31.5 Å². The fraction of sp³-hybridized carbons (Fsp3) is 0.660. The number of esters is 2. The van der Waals surface area contributed by atoms with E-state index in [1.165, 1.54) is 38.5 Å². The van der Waals surface area contributed by atoms with Crippen molar-refractivity contribution < 1.29 is 71.4 Å². The van der Waals surface area contributed by atoms with Gasteiger partial charge in [-0.25, -0.2) is 9.13 Å². The molecule has 5 N–H and O–H groups in total. The molecule has 0 radical (unpaired) electrons. The second-order valence-electron chi connectivity index (χ2n) is 16.8. The van der Waals surface area contributed by atoms with Crippen LogP contribution in [0.25, 0.3) is 0 Å². The molecule has 0 aromatic heterocycles. The number of aliphatic hydroxyl groups excluding tert-OH is 3. The normalized spacial score (nSPS) is 15.7. The Morgan fingerprint density at radius 1 is 0.386 bits per heavy atom. The van der Waals surface area contributed by atoms with Gasteiger partial charge in [-0.1, -0.05) is 156 Å². The molecule has 0 aliphatic rings. The zero-order valence-electron chi connectivity index (χ0n) is 42.4. The molecule has 0 saturated carbocycles. The van der Waals surface area contributed by atoms with E-state index in [0.717, 1.165) is 89.9 Å². The predicted molar refractivity (Wildman–Crippen MR) is 279 cm³/mol. The van der Waals surface area contributed by atoms with Crippen LogP contribution in [0.5, 0.6) is 0 Å². The maximum atomic E-state index is 12.2. The van der Waals surface area contributed by atoms with Crippen LogP contribution >= 0.6 is 15.6 Å². The molecular formula is C53H90O15P2. The van der Waals surface area contributed by atoms with E-state index in [4.69, 9.17) is 9.47 Å². The summed E-state index contributed by atoms with van der Waals surface area (Å²) >= 11 is 0. The minimum absolute atomic E-state index is 0.136. The van der Waals surface area contributed by atoms with Gasteiger partial charge in [0.05, 0.1) is 26.4 Å². The molecule has 0 amide bonds. The van der Waals surface area contributed by atoms with Crippen molar-refractivity contribution in [3.8, 4) is 0 Å². The van der Waals surface area contributed by atoms with Crippen LogP contribution in [0.1, 0.15) is 168 Å². The number of rotatable bonds is 48. The van der Waals surface area contributed by atoms with Gasteiger partial charge in [0.25, 0.3) is 0 Å².